The van der Waals surface area contributed by atoms with E-state index in [9.17, 15) is 5.11 Å². The molecule has 0 saturated carbocycles. The first-order valence-corrected chi connectivity index (χ1v) is 8.92. The van der Waals surface area contributed by atoms with Crippen LogP contribution in [0.15, 0.2) is 36.4 Å². The molecule has 3 heteroatoms. The molecule has 0 amide bonds. The Kier molecular flexibility index (Phi) is 7.88. The highest BCUT2D eigenvalue weighted by Crippen LogP contribution is 2.16. The van der Waals surface area contributed by atoms with Crippen LogP contribution in [-0.4, -0.2) is 22.8 Å². The number of ether oxygens (including phenoxy) is 1. The minimum Gasteiger partial charge on any atom is -0.478 e. The van der Waals surface area contributed by atoms with Crippen molar-refractivity contribution in [3.8, 4) is 5.88 Å². The van der Waals surface area contributed by atoms with Gasteiger partial charge in [0, 0.05) is 11.5 Å². The molecule has 1 atom stereocenters. The smallest absolute Gasteiger partial charge is 0.213 e. The predicted octanol–water partition coefficient (Wildman–Crippen LogP) is 5.12. The van der Waals surface area contributed by atoms with Gasteiger partial charge in [0.05, 0.1) is 18.2 Å². The third-order valence-corrected chi connectivity index (χ3v) is 4.09. The van der Waals surface area contributed by atoms with Crippen molar-refractivity contribution >= 4 is 10.9 Å². The first kappa shape index (κ1) is 17.7. The van der Waals surface area contributed by atoms with Crippen LogP contribution in [0.3, 0.4) is 0 Å². The molecule has 0 radical (unpaired) electrons. The van der Waals surface area contributed by atoms with Gasteiger partial charge >= 0.3 is 0 Å². The van der Waals surface area contributed by atoms with E-state index >= 15 is 0 Å². The number of aliphatic hydroxyl groups excluding tert-OH is 1. The lowest BCUT2D eigenvalue weighted by Gasteiger charge is -2.06. The highest BCUT2D eigenvalue weighted by Gasteiger charge is 1.99. The molecule has 0 fully saturated rings. The molecule has 23 heavy (non-hydrogen) atoms. The number of para-hydroxylation sites is 1. The van der Waals surface area contributed by atoms with E-state index in [1.54, 1.807) is 0 Å². The molecular weight excluding hydrogens is 286 g/mol. The number of rotatable bonds is 11. The molecule has 0 bridgehead atoms. The lowest BCUT2D eigenvalue weighted by molar-refractivity contribution is 0.180. The van der Waals surface area contributed by atoms with Crippen LogP contribution in [0.2, 0.25) is 0 Å². The molecular formula is C20H29NO2. The zero-order valence-electron chi connectivity index (χ0n) is 14.2. The molecule has 126 valence electrons. The van der Waals surface area contributed by atoms with Gasteiger partial charge in [0.15, 0.2) is 0 Å². The molecule has 1 aromatic heterocycles. The Balaban J connectivity index is 1.51. The lowest BCUT2D eigenvalue weighted by Crippen LogP contribution is -1.99. The Morgan fingerprint density at radius 2 is 1.61 bits per heavy atom. The molecule has 0 aliphatic heterocycles. The summed E-state index contributed by atoms with van der Waals surface area (Å²) in [7, 11) is 0. The van der Waals surface area contributed by atoms with Gasteiger partial charge in [-0.1, -0.05) is 56.7 Å². The molecule has 2 rings (SSSR count). The summed E-state index contributed by atoms with van der Waals surface area (Å²) in [6, 6.07) is 12.1. The summed E-state index contributed by atoms with van der Waals surface area (Å²) in [5.74, 6) is 0.724. The number of aliphatic hydroxyl groups is 1. The third kappa shape index (κ3) is 7.00. The fraction of sp³-hybridized carbons (Fsp3) is 0.550. The van der Waals surface area contributed by atoms with Crippen molar-refractivity contribution in [3.63, 3.8) is 0 Å². The fourth-order valence-electron chi connectivity index (χ4n) is 2.73. The van der Waals surface area contributed by atoms with Crippen LogP contribution in [0, 0.1) is 0 Å². The Hall–Kier alpha value is -1.61. The van der Waals surface area contributed by atoms with E-state index in [1.807, 2.05) is 31.2 Å². The van der Waals surface area contributed by atoms with Gasteiger partial charge in [-0.15, -0.1) is 0 Å². The first-order chi connectivity index (χ1) is 11.3. The van der Waals surface area contributed by atoms with Crippen molar-refractivity contribution in [2.45, 2.75) is 64.4 Å². The van der Waals surface area contributed by atoms with Crippen molar-refractivity contribution < 1.29 is 9.84 Å². The van der Waals surface area contributed by atoms with E-state index in [1.165, 1.54) is 32.1 Å². The predicted molar refractivity (Wildman–Crippen MR) is 95.9 cm³/mol. The first-order valence-electron chi connectivity index (χ1n) is 8.92. The fourth-order valence-corrected chi connectivity index (χ4v) is 2.73. The summed E-state index contributed by atoms with van der Waals surface area (Å²) in [6.45, 7) is 2.61. The molecule has 1 N–H and O–H groups in total. The van der Waals surface area contributed by atoms with E-state index in [4.69, 9.17) is 4.74 Å². The maximum atomic E-state index is 9.19. The standard InChI is InChI=1S/C20H29NO2/c1-17(22)11-7-5-3-2-4-6-10-16-23-20-15-14-18-12-8-9-13-19(18)21-20/h8-9,12-15,17,22H,2-7,10-11,16H2,1H3. The maximum Gasteiger partial charge on any atom is 0.213 e. The van der Waals surface area contributed by atoms with Crippen LogP contribution >= 0.6 is 0 Å². The van der Waals surface area contributed by atoms with Gasteiger partial charge in [-0.2, -0.15) is 0 Å². The number of unbranched alkanes of at least 4 members (excludes halogenated alkanes) is 6. The number of hydrogen-bond donors (Lipinski definition) is 1. The molecule has 1 unspecified atom stereocenters. The Morgan fingerprint density at radius 1 is 0.913 bits per heavy atom. The average molecular weight is 315 g/mol. The number of nitrogens with zero attached hydrogens (tertiary/aromatic N) is 1. The molecule has 0 saturated heterocycles. The van der Waals surface area contributed by atoms with E-state index < -0.39 is 0 Å². The zero-order chi connectivity index (χ0) is 16.3. The lowest BCUT2D eigenvalue weighted by atomic mass is 10.1. The summed E-state index contributed by atoms with van der Waals surface area (Å²) in [4.78, 5) is 4.51. The van der Waals surface area contributed by atoms with Gasteiger partial charge in [-0.05, 0) is 31.9 Å². The summed E-state index contributed by atoms with van der Waals surface area (Å²) in [6.07, 6.45) is 9.31. The van der Waals surface area contributed by atoms with Gasteiger partial charge in [-0.25, -0.2) is 4.98 Å². The van der Waals surface area contributed by atoms with Gasteiger partial charge in [-0.3, -0.25) is 0 Å². The molecule has 2 aromatic rings. The summed E-state index contributed by atoms with van der Waals surface area (Å²) >= 11 is 0. The number of aromatic nitrogens is 1. The van der Waals surface area contributed by atoms with E-state index in [0.29, 0.717) is 0 Å². The van der Waals surface area contributed by atoms with E-state index in [2.05, 4.69) is 17.1 Å². The van der Waals surface area contributed by atoms with Gasteiger partial charge in [0.25, 0.3) is 0 Å². The van der Waals surface area contributed by atoms with Crippen LogP contribution in [0.5, 0.6) is 5.88 Å². The Labute approximate surface area is 139 Å². The normalized spacial score (nSPS) is 12.4. The number of benzene rings is 1. The Morgan fingerprint density at radius 3 is 2.39 bits per heavy atom. The number of pyridine rings is 1. The molecule has 0 aliphatic carbocycles. The van der Waals surface area contributed by atoms with Crippen LogP contribution < -0.4 is 4.74 Å². The average Bonchev–Trinajstić information content (AvgIpc) is 2.56. The zero-order valence-corrected chi connectivity index (χ0v) is 14.2. The van der Waals surface area contributed by atoms with Gasteiger partial charge in [0.2, 0.25) is 5.88 Å². The van der Waals surface area contributed by atoms with Crippen molar-refractivity contribution in [2.75, 3.05) is 6.61 Å². The molecule has 1 aromatic carbocycles. The van der Waals surface area contributed by atoms with Crippen molar-refractivity contribution in [3.05, 3.63) is 36.4 Å². The number of fused-ring (bicyclic) bond motifs is 1. The Bertz CT molecular complexity index is 568. The van der Waals surface area contributed by atoms with Crippen LogP contribution in [0.4, 0.5) is 0 Å². The van der Waals surface area contributed by atoms with E-state index in [0.717, 1.165) is 42.7 Å². The van der Waals surface area contributed by atoms with Crippen molar-refractivity contribution in [1.29, 1.82) is 0 Å². The second-order valence-corrected chi connectivity index (χ2v) is 6.30. The second-order valence-electron chi connectivity index (χ2n) is 6.30. The summed E-state index contributed by atoms with van der Waals surface area (Å²) in [5.41, 5.74) is 0.988. The van der Waals surface area contributed by atoms with Crippen LogP contribution in [0.25, 0.3) is 10.9 Å². The highest BCUT2D eigenvalue weighted by molar-refractivity contribution is 5.78. The topological polar surface area (TPSA) is 42.4 Å². The van der Waals surface area contributed by atoms with Crippen LogP contribution in [0.1, 0.15) is 58.3 Å². The highest BCUT2D eigenvalue weighted by atomic mass is 16.5. The van der Waals surface area contributed by atoms with Crippen molar-refractivity contribution in [1.82, 2.24) is 4.98 Å². The molecule has 0 aliphatic rings. The summed E-state index contributed by atoms with van der Waals surface area (Å²) < 4.78 is 5.75. The monoisotopic (exact) mass is 315 g/mol. The molecule has 3 nitrogen and oxygen atoms in total. The van der Waals surface area contributed by atoms with Gasteiger partial charge in [0.1, 0.15) is 0 Å². The second kappa shape index (κ2) is 10.2. The minimum absolute atomic E-state index is 0.143. The number of hydrogen-bond acceptors (Lipinski definition) is 3. The molecule has 1 heterocycles. The van der Waals surface area contributed by atoms with E-state index in [-0.39, 0.29) is 6.10 Å². The largest absolute Gasteiger partial charge is 0.478 e. The SMILES string of the molecule is CC(O)CCCCCCCCCOc1ccc2ccccc2n1. The minimum atomic E-state index is -0.143. The van der Waals surface area contributed by atoms with Crippen molar-refractivity contribution in [2.24, 2.45) is 0 Å². The van der Waals surface area contributed by atoms with Gasteiger partial charge < -0.3 is 9.84 Å². The molecule has 0 spiro atoms. The van der Waals surface area contributed by atoms with Crippen LogP contribution in [-0.2, 0) is 0 Å². The quantitative estimate of drug-likeness (QED) is 0.585. The summed E-state index contributed by atoms with van der Waals surface area (Å²) in [5, 5.41) is 10.3. The third-order valence-electron chi connectivity index (χ3n) is 4.09. The maximum absolute atomic E-state index is 9.19.